The third kappa shape index (κ3) is 1.68. The minimum atomic E-state index is -4.30. The van der Waals surface area contributed by atoms with Gasteiger partial charge in [-0.25, -0.2) is 0 Å². The molecule has 3 N–H and O–H groups in total. The van der Waals surface area contributed by atoms with Crippen molar-refractivity contribution >= 4 is 11.8 Å². The molecule has 76 valence electrons. The zero-order valence-electron chi connectivity index (χ0n) is 6.80. The van der Waals surface area contributed by atoms with Gasteiger partial charge in [-0.1, -0.05) is 0 Å². The molecule has 7 heteroatoms. The molecule has 0 amide bonds. The molecule has 13 heavy (non-hydrogen) atoms. The average Bonchev–Trinajstić information content (AvgIpc) is 2.33. The Balaban J connectivity index is 2.85. The Morgan fingerprint density at radius 1 is 1.62 bits per heavy atom. The first-order chi connectivity index (χ1) is 5.92. The first kappa shape index (κ1) is 10.5. The summed E-state index contributed by atoms with van der Waals surface area (Å²) < 4.78 is 37.6. The SMILES string of the molecule is CC1(C(F)(F)F)CNC=C1NNCl. The molecule has 1 aliphatic heterocycles. The Kier molecular flexibility index (Phi) is 2.63. The summed E-state index contributed by atoms with van der Waals surface area (Å²) in [5.41, 5.74) is 0.309. The van der Waals surface area contributed by atoms with Gasteiger partial charge in [0.05, 0.1) is 5.70 Å². The van der Waals surface area contributed by atoms with Crippen LogP contribution in [0.4, 0.5) is 13.2 Å². The molecule has 0 bridgehead atoms. The molecule has 0 saturated carbocycles. The highest BCUT2D eigenvalue weighted by molar-refractivity contribution is 6.13. The minimum Gasteiger partial charge on any atom is -0.388 e. The number of hydrazine groups is 1. The molecule has 1 atom stereocenters. The normalized spacial score (nSPS) is 28.2. The van der Waals surface area contributed by atoms with Crippen molar-refractivity contribution in [3.05, 3.63) is 11.9 Å². The summed E-state index contributed by atoms with van der Waals surface area (Å²) >= 11 is 5.06. The van der Waals surface area contributed by atoms with Gasteiger partial charge in [-0.15, -0.1) is 4.94 Å². The van der Waals surface area contributed by atoms with Crippen molar-refractivity contribution < 1.29 is 13.2 Å². The van der Waals surface area contributed by atoms with Gasteiger partial charge in [0.1, 0.15) is 5.41 Å². The standard InChI is InChI=1S/C6H9ClF3N3/c1-5(6(8,9)10)3-11-2-4(5)12-13-7/h2,11-13H,3H2,1H3. The Labute approximate surface area is 78.4 Å². The first-order valence-corrected chi connectivity index (χ1v) is 3.92. The lowest BCUT2D eigenvalue weighted by atomic mass is 9.88. The summed E-state index contributed by atoms with van der Waals surface area (Å²) in [4.78, 5) is 1.95. The highest BCUT2D eigenvalue weighted by Crippen LogP contribution is 2.43. The van der Waals surface area contributed by atoms with Gasteiger partial charge in [0.2, 0.25) is 0 Å². The molecule has 3 nitrogen and oxygen atoms in total. The van der Waals surface area contributed by atoms with Crippen LogP contribution in [0.25, 0.3) is 0 Å². The van der Waals surface area contributed by atoms with Gasteiger partial charge in [0, 0.05) is 12.7 Å². The van der Waals surface area contributed by atoms with E-state index in [0.29, 0.717) is 0 Å². The molecule has 0 spiro atoms. The number of hydrogen-bond acceptors (Lipinski definition) is 3. The molecule has 0 aliphatic carbocycles. The molecule has 1 aliphatic rings. The Morgan fingerprint density at radius 3 is 2.69 bits per heavy atom. The van der Waals surface area contributed by atoms with Crippen molar-refractivity contribution in [1.82, 2.24) is 15.7 Å². The number of alkyl halides is 3. The number of nitrogens with one attached hydrogen (secondary N) is 3. The molecule has 1 heterocycles. The van der Waals surface area contributed by atoms with Crippen LogP contribution in [-0.4, -0.2) is 12.7 Å². The maximum absolute atomic E-state index is 12.5. The summed E-state index contributed by atoms with van der Waals surface area (Å²) in [6, 6.07) is 0. The molecule has 0 aromatic carbocycles. The van der Waals surface area contributed by atoms with E-state index < -0.39 is 11.6 Å². The van der Waals surface area contributed by atoms with E-state index in [9.17, 15) is 13.2 Å². The smallest absolute Gasteiger partial charge is 0.388 e. The van der Waals surface area contributed by atoms with Gasteiger partial charge in [0.25, 0.3) is 0 Å². The van der Waals surface area contributed by atoms with E-state index in [1.165, 1.54) is 6.20 Å². The Bertz CT molecular complexity index is 228. The molecular formula is C6H9ClF3N3. The van der Waals surface area contributed by atoms with Crippen LogP contribution < -0.4 is 15.7 Å². The Morgan fingerprint density at radius 2 is 2.23 bits per heavy atom. The summed E-state index contributed by atoms with van der Waals surface area (Å²) in [5.74, 6) is 0. The zero-order chi connectivity index (χ0) is 10.1. The van der Waals surface area contributed by atoms with Gasteiger partial charge in [-0.3, -0.25) is 0 Å². The highest BCUT2D eigenvalue weighted by Gasteiger charge is 2.55. The van der Waals surface area contributed by atoms with Crippen molar-refractivity contribution in [2.45, 2.75) is 13.1 Å². The van der Waals surface area contributed by atoms with Crippen LogP contribution in [0.5, 0.6) is 0 Å². The molecule has 0 aromatic rings. The molecule has 1 unspecified atom stereocenters. The topological polar surface area (TPSA) is 36.1 Å². The van der Waals surface area contributed by atoms with E-state index in [1.807, 2.05) is 4.94 Å². The fourth-order valence-electron chi connectivity index (χ4n) is 1.09. The second-order valence-corrected chi connectivity index (χ2v) is 3.18. The van der Waals surface area contributed by atoms with Crippen LogP contribution in [0.1, 0.15) is 6.92 Å². The maximum atomic E-state index is 12.5. The van der Waals surface area contributed by atoms with Crippen molar-refractivity contribution in [3.63, 3.8) is 0 Å². The van der Waals surface area contributed by atoms with Crippen molar-refractivity contribution in [2.24, 2.45) is 5.41 Å². The van der Waals surface area contributed by atoms with E-state index >= 15 is 0 Å². The van der Waals surface area contributed by atoms with Crippen LogP contribution in [0.15, 0.2) is 11.9 Å². The number of halogens is 4. The van der Waals surface area contributed by atoms with Crippen LogP contribution >= 0.6 is 11.8 Å². The average molecular weight is 216 g/mol. The lowest BCUT2D eigenvalue weighted by Gasteiger charge is -2.29. The van der Waals surface area contributed by atoms with E-state index in [0.717, 1.165) is 6.92 Å². The second kappa shape index (κ2) is 3.26. The summed E-state index contributed by atoms with van der Waals surface area (Å²) in [6.07, 6.45) is -3.05. The zero-order valence-corrected chi connectivity index (χ0v) is 7.55. The van der Waals surface area contributed by atoms with Crippen LogP contribution in [0.2, 0.25) is 0 Å². The van der Waals surface area contributed by atoms with E-state index in [2.05, 4.69) is 10.7 Å². The van der Waals surface area contributed by atoms with Crippen molar-refractivity contribution in [3.8, 4) is 0 Å². The van der Waals surface area contributed by atoms with E-state index in [4.69, 9.17) is 11.8 Å². The molecule has 0 saturated heterocycles. The quantitative estimate of drug-likeness (QED) is 0.479. The fourth-order valence-corrected chi connectivity index (χ4v) is 1.19. The van der Waals surface area contributed by atoms with Crippen LogP contribution in [0.3, 0.4) is 0 Å². The van der Waals surface area contributed by atoms with Crippen LogP contribution in [0, 0.1) is 5.41 Å². The predicted octanol–water partition coefficient (Wildman–Crippen LogP) is 1.25. The summed E-state index contributed by atoms with van der Waals surface area (Å²) in [5, 5.41) is 2.51. The summed E-state index contributed by atoms with van der Waals surface area (Å²) in [7, 11) is 0. The van der Waals surface area contributed by atoms with Gasteiger partial charge >= 0.3 is 6.18 Å². The largest absolute Gasteiger partial charge is 0.401 e. The van der Waals surface area contributed by atoms with Crippen LogP contribution in [-0.2, 0) is 0 Å². The van der Waals surface area contributed by atoms with Gasteiger partial charge in [-0.2, -0.15) is 13.2 Å². The minimum absolute atomic E-state index is 0.0185. The molecule has 0 radical (unpaired) electrons. The predicted molar refractivity (Wildman–Crippen MR) is 42.4 cm³/mol. The van der Waals surface area contributed by atoms with Gasteiger partial charge in [0.15, 0.2) is 0 Å². The molecule has 0 fully saturated rings. The van der Waals surface area contributed by atoms with Crippen molar-refractivity contribution in [2.75, 3.05) is 6.54 Å². The third-order valence-electron chi connectivity index (χ3n) is 2.10. The first-order valence-electron chi connectivity index (χ1n) is 3.54. The second-order valence-electron chi connectivity index (χ2n) is 2.99. The van der Waals surface area contributed by atoms with Gasteiger partial charge in [-0.05, 0) is 18.7 Å². The fraction of sp³-hybridized carbons (Fsp3) is 0.667. The number of rotatable bonds is 2. The molecule has 0 aromatic heterocycles. The van der Waals surface area contributed by atoms with Gasteiger partial charge < -0.3 is 10.7 Å². The Hall–Kier alpha value is -0.620. The third-order valence-corrected chi connectivity index (χ3v) is 2.20. The monoisotopic (exact) mass is 215 g/mol. The maximum Gasteiger partial charge on any atom is 0.401 e. The number of hydrogen-bond donors (Lipinski definition) is 3. The van der Waals surface area contributed by atoms with E-state index in [1.54, 1.807) is 0 Å². The molecule has 1 rings (SSSR count). The highest BCUT2D eigenvalue weighted by atomic mass is 35.5. The van der Waals surface area contributed by atoms with E-state index in [-0.39, 0.29) is 12.2 Å². The summed E-state index contributed by atoms with van der Waals surface area (Å²) in [6.45, 7) is 0.914. The lowest BCUT2D eigenvalue weighted by Crippen LogP contribution is -2.44. The van der Waals surface area contributed by atoms with Crippen molar-refractivity contribution in [1.29, 1.82) is 0 Å². The molecular weight excluding hydrogens is 207 g/mol. The lowest BCUT2D eigenvalue weighted by molar-refractivity contribution is -0.200.